The van der Waals surface area contributed by atoms with E-state index in [9.17, 15) is 4.79 Å². The fourth-order valence-corrected chi connectivity index (χ4v) is 2.67. The maximum absolute atomic E-state index is 11.8. The molecular weight excluding hydrogens is 328 g/mol. The summed E-state index contributed by atoms with van der Waals surface area (Å²) in [6.45, 7) is 6.11. The van der Waals surface area contributed by atoms with Gasteiger partial charge in [0.15, 0.2) is 16.7 Å². The number of carbonyl (C=O) groups excluding carboxylic acids is 1. The summed E-state index contributed by atoms with van der Waals surface area (Å²) < 4.78 is 12.6. The minimum absolute atomic E-state index is 0.0463. The van der Waals surface area contributed by atoms with Gasteiger partial charge in [0.1, 0.15) is 0 Å². The van der Waals surface area contributed by atoms with Gasteiger partial charge in [-0.05, 0) is 24.5 Å². The molecule has 0 aliphatic heterocycles. The van der Waals surface area contributed by atoms with Crippen LogP contribution in [0.4, 0.5) is 0 Å². The van der Waals surface area contributed by atoms with E-state index in [0.29, 0.717) is 35.8 Å². The van der Waals surface area contributed by atoms with Crippen LogP contribution in [0.3, 0.4) is 0 Å². The fraction of sp³-hybridized carbons (Fsp3) is 0.562. The number of rotatable bonds is 10. The molecule has 0 saturated heterocycles. The van der Waals surface area contributed by atoms with Gasteiger partial charge < -0.3 is 19.0 Å². The van der Waals surface area contributed by atoms with Crippen LogP contribution >= 0.6 is 11.8 Å². The summed E-state index contributed by atoms with van der Waals surface area (Å²) >= 11 is 1.34. The average Bonchev–Trinajstić information content (AvgIpc) is 3.18. The Labute approximate surface area is 146 Å². The summed E-state index contributed by atoms with van der Waals surface area (Å²) in [4.78, 5) is 11.8. The van der Waals surface area contributed by atoms with Gasteiger partial charge in [-0.15, -0.1) is 10.2 Å². The highest BCUT2D eigenvalue weighted by molar-refractivity contribution is 7.99. The lowest BCUT2D eigenvalue weighted by Gasteiger charge is -2.07. The number of nitrogens with zero attached hydrogens (tertiary/aromatic N) is 3. The number of aromatic nitrogens is 3. The Balaban J connectivity index is 1.67. The van der Waals surface area contributed by atoms with E-state index in [0.717, 1.165) is 13.0 Å². The van der Waals surface area contributed by atoms with Crippen LogP contribution < -0.4 is 5.32 Å². The van der Waals surface area contributed by atoms with Crippen molar-refractivity contribution in [1.29, 1.82) is 0 Å². The second-order valence-electron chi connectivity index (χ2n) is 5.78. The van der Waals surface area contributed by atoms with Crippen LogP contribution in [-0.4, -0.2) is 46.2 Å². The normalized spacial score (nSPS) is 11.2. The molecule has 7 nitrogen and oxygen atoms in total. The molecule has 2 aromatic heterocycles. The van der Waals surface area contributed by atoms with Gasteiger partial charge in [0.2, 0.25) is 5.91 Å². The van der Waals surface area contributed by atoms with Crippen molar-refractivity contribution >= 4 is 17.7 Å². The summed E-state index contributed by atoms with van der Waals surface area (Å²) in [6.07, 6.45) is 2.63. The van der Waals surface area contributed by atoms with Gasteiger partial charge in [-0.3, -0.25) is 4.79 Å². The number of hydrogen-bond acceptors (Lipinski definition) is 6. The fourth-order valence-electron chi connectivity index (χ4n) is 1.93. The molecule has 0 fully saturated rings. The molecule has 0 aromatic carbocycles. The van der Waals surface area contributed by atoms with E-state index in [1.165, 1.54) is 11.8 Å². The van der Waals surface area contributed by atoms with Crippen LogP contribution in [-0.2, 0) is 16.6 Å². The van der Waals surface area contributed by atoms with E-state index >= 15 is 0 Å². The molecule has 0 atom stereocenters. The van der Waals surface area contributed by atoms with Gasteiger partial charge in [0, 0.05) is 20.2 Å². The number of hydrogen-bond donors (Lipinski definition) is 1. The summed E-state index contributed by atoms with van der Waals surface area (Å²) in [6, 6.07) is 3.62. The van der Waals surface area contributed by atoms with Gasteiger partial charge in [-0.1, -0.05) is 25.6 Å². The van der Waals surface area contributed by atoms with Crippen molar-refractivity contribution in [2.24, 2.45) is 13.0 Å². The van der Waals surface area contributed by atoms with Crippen LogP contribution in [0.1, 0.15) is 20.3 Å². The first-order chi connectivity index (χ1) is 11.6. The molecule has 1 amide bonds. The first kappa shape index (κ1) is 18.5. The molecule has 0 aliphatic carbocycles. The van der Waals surface area contributed by atoms with E-state index in [1.54, 1.807) is 12.3 Å². The molecule has 0 aliphatic rings. The Morgan fingerprint density at radius 3 is 2.96 bits per heavy atom. The van der Waals surface area contributed by atoms with E-state index in [4.69, 9.17) is 9.15 Å². The Morgan fingerprint density at radius 2 is 2.25 bits per heavy atom. The molecule has 0 saturated carbocycles. The van der Waals surface area contributed by atoms with Crippen molar-refractivity contribution < 1.29 is 13.9 Å². The Kier molecular flexibility index (Phi) is 7.33. The monoisotopic (exact) mass is 352 g/mol. The summed E-state index contributed by atoms with van der Waals surface area (Å²) in [5.74, 6) is 2.17. The summed E-state index contributed by atoms with van der Waals surface area (Å²) in [5, 5.41) is 11.7. The van der Waals surface area contributed by atoms with Crippen molar-refractivity contribution in [3.63, 3.8) is 0 Å². The maximum Gasteiger partial charge on any atom is 0.230 e. The van der Waals surface area contributed by atoms with Gasteiger partial charge in [0.05, 0.1) is 18.6 Å². The molecule has 2 heterocycles. The van der Waals surface area contributed by atoms with E-state index < -0.39 is 0 Å². The largest absolute Gasteiger partial charge is 0.461 e. The van der Waals surface area contributed by atoms with Crippen LogP contribution in [0.5, 0.6) is 0 Å². The minimum atomic E-state index is -0.0463. The standard InChI is InChI=1S/C16H24N4O3S/c1-12(2)6-9-22-10-7-17-14(21)11-24-16-19-18-15(20(16)3)13-5-4-8-23-13/h4-5,8,12H,6-7,9-11H2,1-3H3,(H,17,21). The van der Waals surface area contributed by atoms with Gasteiger partial charge >= 0.3 is 0 Å². The molecule has 8 heteroatoms. The van der Waals surface area contributed by atoms with Gasteiger partial charge in [-0.25, -0.2) is 0 Å². The van der Waals surface area contributed by atoms with E-state index in [1.807, 2.05) is 17.7 Å². The van der Waals surface area contributed by atoms with Crippen molar-refractivity contribution in [3.05, 3.63) is 18.4 Å². The Morgan fingerprint density at radius 1 is 1.42 bits per heavy atom. The van der Waals surface area contributed by atoms with Crippen LogP contribution in [0.25, 0.3) is 11.6 Å². The van der Waals surface area contributed by atoms with Gasteiger partial charge in [0.25, 0.3) is 0 Å². The molecule has 2 rings (SSSR count). The second-order valence-corrected chi connectivity index (χ2v) is 6.72. The van der Waals surface area contributed by atoms with Crippen LogP contribution in [0.15, 0.2) is 28.0 Å². The molecule has 0 bridgehead atoms. The SMILES string of the molecule is CC(C)CCOCCNC(=O)CSc1nnc(-c2ccco2)n1C. The van der Waals surface area contributed by atoms with E-state index in [-0.39, 0.29) is 11.7 Å². The van der Waals surface area contributed by atoms with Crippen molar-refractivity contribution in [3.8, 4) is 11.6 Å². The van der Waals surface area contributed by atoms with Crippen LogP contribution in [0.2, 0.25) is 0 Å². The quantitative estimate of drug-likeness (QED) is 0.522. The number of thioether (sulfide) groups is 1. The summed E-state index contributed by atoms with van der Waals surface area (Å²) in [7, 11) is 1.85. The lowest BCUT2D eigenvalue weighted by Crippen LogP contribution is -2.29. The minimum Gasteiger partial charge on any atom is -0.461 e. The second kappa shape index (κ2) is 9.48. The van der Waals surface area contributed by atoms with Crippen molar-refractivity contribution in [2.45, 2.75) is 25.4 Å². The zero-order chi connectivity index (χ0) is 17.4. The number of amides is 1. The third kappa shape index (κ3) is 5.68. The predicted molar refractivity (Wildman–Crippen MR) is 92.7 cm³/mol. The topological polar surface area (TPSA) is 82.2 Å². The first-order valence-electron chi connectivity index (χ1n) is 7.98. The lowest BCUT2D eigenvalue weighted by molar-refractivity contribution is -0.118. The first-order valence-corrected chi connectivity index (χ1v) is 8.97. The maximum atomic E-state index is 11.8. The predicted octanol–water partition coefficient (Wildman–Crippen LogP) is 2.35. The number of carbonyl (C=O) groups is 1. The molecular formula is C16H24N4O3S. The third-order valence-corrected chi connectivity index (χ3v) is 4.34. The Hall–Kier alpha value is -1.80. The molecule has 132 valence electrons. The zero-order valence-corrected chi connectivity index (χ0v) is 15.1. The summed E-state index contributed by atoms with van der Waals surface area (Å²) in [5.41, 5.74) is 0. The molecule has 1 N–H and O–H groups in total. The molecule has 24 heavy (non-hydrogen) atoms. The zero-order valence-electron chi connectivity index (χ0n) is 14.3. The van der Waals surface area contributed by atoms with Crippen LogP contribution in [0, 0.1) is 5.92 Å². The molecule has 0 unspecified atom stereocenters. The Bertz CT molecular complexity index is 625. The molecule has 0 radical (unpaired) electrons. The lowest BCUT2D eigenvalue weighted by atomic mass is 10.1. The smallest absolute Gasteiger partial charge is 0.230 e. The number of ether oxygens (including phenoxy) is 1. The highest BCUT2D eigenvalue weighted by Gasteiger charge is 2.14. The highest BCUT2D eigenvalue weighted by Crippen LogP contribution is 2.22. The van der Waals surface area contributed by atoms with Crippen molar-refractivity contribution in [1.82, 2.24) is 20.1 Å². The molecule has 2 aromatic rings. The third-order valence-electron chi connectivity index (χ3n) is 3.32. The van der Waals surface area contributed by atoms with E-state index in [2.05, 4.69) is 29.4 Å². The number of nitrogens with one attached hydrogen (secondary N) is 1. The average molecular weight is 352 g/mol. The van der Waals surface area contributed by atoms with Crippen molar-refractivity contribution in [2.75, 3.05) is 25.5 Å². The van der Waals surface area contributed by atoms with Gasteiger partial charge in [-0.2, -0.15) is 0 Å². The molecule has 0 spiro atoms. The highest BCUT2D eigenvalue weighted by atomic mass is 32.2. The number of furan rings is 1.